The Morgan fingerprint density at radius 1 is 1.31 bits per heavy atom. The van der Waals surface area contributed by atoms with Gasteiger partial charge in [0.15, 0.2) is 5.75 Å². The Bertz CT molecular complexity index is 339. The molecule has 6 nitrogen and oxygen atoms in total. The molecule has 0 saturated heterocycles. The maximum atomic E-state index is 12.0. The van der Waals surface area contributed by atoms with Gasteiger partial charge in [0.05, 0.1) is 6.61 Å². The van der Waals surface area contributed by atoms with Gasteiger partial charge in [-0.1, -0.05) is 0 Å². The van der Waals surface area contributed by atoms with E-state index in [1.807, 2.05) is 0 Å². The number of sulfonamides is 1. The van der Waals surface area contributed by atoms with E-state index in [-0.39, 0.29) is 4.31 Å². The average Bonchev–Trinajstić information content (AvgIpc) is 1.98. The van der Waals surface area contributed by atoms with Crippen molar-refractivity contribution in [3.8, 4) is 0 Å². The van der Waals surface area contributed by atoms with E-state index in [0.717, 1.165) is 0 Å². The molecule has 0 aromatic carbocycles. The van der Waals surface area contributed by atoms with E-state index in [2.05, 4.69) is 0 Å². The number of carboxylic acids is 1. The Morgan fingerprint density at radius 3 is 2.12 bits per heavy atom. The van der Waals surface area contributed by atoms with Crippen molar-refractivity contribution in [2.24, 2.45) is 0 Å². The van der Waals surface area contributed by atoms with E-state index < -0.39 is 47.6 Å². The zero-order valence-corrected chi connectivity index (χ0v) is 8.75. The number of aliphatic hydroxyl groups is 1. The zero-order valence-electron chi connectivity index (χ0n) is 7.94. The molecule has 96 valence electrons. The molecule has 0 rings (SSSR count). The molecule has 0 radical (unpaired) electrons. The van der Waals surface area contributed by atoms with Gasteiger partial charge in [0.25, 0.3) is 0 Å². The van der Waals surface area contributed by atoms with Crippen molar-refractivity contribution in [1.82, 2.24) is 4.31 Å². The summed E-state index contributed by atoms with van der Waals surface area (Å²) in [4.78, 5) is 10.1. The summed E-state index contributed by atoms with van der Waals surface area (Å²) in [5, 5.41) is 16.6. The number of aliphatic hydroxyl groups excluding tert-OH is 1. The second-order valence-electron chi connectivity index (χ2n) is 2.82. The third-order valence-corrected chi connectivity index (χ3v) is 3.11. The monoisotopic (exact) mass is 265 g/mol. The van der Waals surface area contributed by atoms with Gasteiger partial charge >= 0.3 is 12.1 Å². The molecule has 16 heavy (non-hydrogen) atoms. The second kappa shape index (κ2) is 5.46. The molecule has 0 spiro atoms. The third kappa shape index (κ3) is 5.88. The predicted octanol–water partition coefficient (Wildman–Crippen LogP) is -0.743. The largest absolute Gasteiger partial charge is 0.480 e. The molecule has 0 heterocycles. The highest BCUT2D eigenvalue weighted by Gasteiger charge is 2.36. The molecule has 0 saturated carbocycles. The molecule has 0 unspecified atom stereocenters. The summed E-state index contributed by atoms with van der Waals surface area (Å²) >= 11 is 0. The number of halogens is 3. The van der Waals surface area contributed by atoms with E-state index in [1.165, 1.54) is 0 Å². The van der Waals surface area contributed by atoms with Crippen molar-refractivity contribution in [3.63, 3.8) is 0 Å². The van der Waals surface area contributed by atoms with Crippen molar-refractivity contribution < 1.29 is 36.6 Å². The fourth-order valence-electron chi connectivity index (χ4n) is 0.875. The molecule has 0 bridgehead atoms. The maximum Gasteiger partial charge on any atom is 0.402 e. The van der Waals surface area contributed by atoms with Crippen LogP contribution < -0.4 is 0 Å². The van der Waals surface area contributed by atoms with Crippen molar-refractivity contribution in [2.75, 3.05) is 25.4 Å². The maximum absolute atomic E-state index is 12.0. The van der Waals surface area contributed by atoms with Crippen LogP contribution in [-0.2, 0) is 14.8 Å². The summed E-state index contributed by atoms with van der Waals surface area (Å²) in [6, 6.07) is 0. The highest BCUT2D eigenvalue weighted by atomic mass is 32.2. The van der Waals surface area contributed by atoms with Gasteiger partial charge in [0.2, 0.25) is 10.0 Å². The van der Waals surface area contributed by atoms with Crippen molar-refractivity contribution in [1.29, 1.82) is 0 Å². The Morgan fingerprint density at radius 2 is 1.81 bits per heavy atom. The number of nitrogens with zero attached hydrogens (tertiary/aromatic N) is 1. The van der Waals surface area contributed by atoms with Crippen molar-refractivity contribution in [2.45, 2.75) is 6.18 Å². The van der Waals surface area contributed by atoms with Gasteiger partial charge in [0, 0.05) is 6.54 Å². The number of carbonyl (C=O) groups is 1. The number of hydrogen-bond acceptors (Lipinski definition) is 4. The lowest BCUT2D eigenvalue weighted by Crippen LogP contribution is -2.43. The molecule has 0 aromatic rings. The van der Waals surface area contributed by atoms with Crippen molar-refractivity contribution in [3.05, 3.63) is 0 Å². The molecule has 0 aliphatic heterocycles. The molecule has 0 fully saturated rings. The molecular weight excluding hydrogens is 255 g/mol. The minimum absolute atomic E-state index is 0.110. The zero-order chi connectivity index (χ0) is 13.0. The number of rotatable bonds is 6. The number of carboxylic acid groups (broad SMARTS) is 1. The summed E-state index contributed by atoms with van der Waals surface area (Å²) in [6.45, 7) is -3.44. The van der Waals surface area contributed by atoms with Gasteiger partial charge < -0.3 is 10.2 Å². The lowest BCUT2D eigenvalue weighted by Gasteiger charge is -2.21. The average molecular weight is 265 g/mol. The number of alkyl halides is 3. The Labute approximate surface area is 89.3 Å². The molecule has 0 amide bonds. The van der Waals surface area contributed by atoms with Crippen LogP contribution in [0.5, 0.6) is 0 Å². The molecule has 0 atom stereocenters. The fourth-order valence-corrected chi connectivity index (χ4v) is 2.07. The van der Waals surface area contributed by atoms with Gasteiger partial charge in [-0.3, -0.25) is 4.79 Å². The SMILES string of the molecule is O=C(O)CS(=O)(=O)N(CCO)CC(F)(F)F. The molecule has 0 aliphatic carbocycles. The molecular formula is C6H10F3NO5S. The van der Waals surface area contributed by atoms with E-state index in [4.69, 9.17) is 10.2 Å². The fraction of sp³-hybridized carbons (Fsp3) is 0.833. The van der Waals surface area contributed by atoms with E-state index in [1.54, 1.807) is 0 Å². The van der Waals surface area contributed by atoms with Gasteiger partial charge in [-0.25, -0.2) is 8.42 Å². The molecule has 0 aromatic heterocycles. The van der Waals surface area contributed by atoms with Crippen molar-refractivity contribution >= 4 is 16.0 Å². The normalized spacial score (nSPS) is 13.1. The summed E-state index contributed by atoms with van der Waals surface area (Å²) in [7, 11) is -4.56. The lowest BCUT2D eigenvalue weighted by atomic mass is 10.6. The highest BCUT2D eigenvalue weighted by Crippen LogP contribution is 2.18. The minimum Gasteiger partial charge on any atom is -0.480 e. The van der Waals surface area contributed by atoms with E-state index in [0.29, 0.717) is 0 Å². The van der Waals surface area contributed by atoms with E-state index in [9.17, 15) is 26.4 Å². The predicted molar refractivity (Wildman–Crippen MR) is 46.1 cm³/mol. The Kier molecular flexibility index (Phi) is 5.16. The Balaban J connectivity index is 4.83. The van der Waals surface area contributed by atoms with Crippen LogP contribution >= 0.6 is 0 Å². The van der Waals surface area contributed by atoms with Crippen LogP contribution in [0.3, 0.4) is 0 Å². The van der Waals surface area contributed by atoms with Crippen LogP contribution in [-0.4, -0.2) is 60.5 Å². The molecule has 2 N–H and O–H groups in total. The minimum atomic E-state index is -4.79. The first-order valence-corrected chi connectivity index (χ1v) is 5.56. The van der Waals surface area contributed by atoms with Gasteiger partial charge in [0.1, 0.15) is 6.54 Å². The van der Waals surface area contributed by atoms with Crippen LogP contribution in [0.2, 0.25) is 0 Å². The number of hydrogen-bond donors (Lipinski definition) is 2. The second-order valence-corrected chi connectivity index (χ2v) is 4.79. The van der Waals surface area contributed by atoms with Gasteiger partial charge in [-0.05, 0) is 0 Å². The molecule has 0 aliphatic rings. The first kappa shape index (κ1) is 15.1. The number of aliphatic carboxylic acids is 1. The van der Waals surface area contributed by atoms with Crippen LogP contribution in [0.15, 0.2) is 0 Å². The standard InChI is InChI=1S/C6H10F3NO5S/c7-6(8,9)4-10(1-2-11)16(14,15)3-5(12)13/h11H,1-4H2,(H,12,13). The summed E-state index contributed by atoms with van der Waals surface area (Å²) < 4.78 is 58.1. The smallest absolute Gasteiger partial charge is 0.402 e. The van der Waals surface area contributed by atoms with Crippen LogP contribution in [0.4, 0.5) is 13.2 Å². The summed E-state index contributed by atoms with van der Waals surface area (Å²) in [5.41, 5.74) is 0. The molecule has 10 heteroatoms. The quantitative estimate of drug-likeness (QED) is 0.659. The highest BCUT2D eigenvalue weighted by molar-refractivity contribution is 7.89. The lowest BCUT2D eigenvalue weighted by molar-refractivity contribution is -0.138. The summed E-state index contributed by atoms with van der Waals surface area (Å²) in [5.74, 6) is -3.20. The van der Waals surface area contributed by atoms with Crippen LogP contribution in [0, 0.1) is 0 Å². The Hall–Kier alpha value is -0.870. The van der Waals surface area contributed by atoms with Crippen LogP contribution in [0.25, 0.3) is 0 Å². The third-order valence-electron chi connectivity index (χ3n) is 1.40. The first-order valence-electron chi connectivity index (χ1n) is 3.96. The van der Waals surface area contributed by atoms with Gasteiger partial charge in [-0.2, -0.15) is 17.5 Å². The first-order chi connectivity index (χ1) is 7.08. The van der Waals surface area contributed by atoms with Crippen LogP contribution in [0.1, 0.15) is 0 Å². The summed E-state index contributed by atoms with van der Waals surface area (Å²) in [6.07, 6.45) is -4.79. The van der Waals surface area contributed by atoms with Gasteiger partial charge in [-0.15, -0.1) is 0 Å². The topological polar surface area (TPSA) is 94.9 Å². The van der Waals surface area contributed by atoms with E-state index >= 15 is 0 Å².